The largest absolute Gasteiger partial charge is 0.353 e. The van der Waals surface area contributed by atoms with E-state index in [0.717, 1.165) is 31.2 Å². The molecule has 0 aliphatic carbocycles. The number of imidazole rings is 1. The summed E-state index contributed by atoms with van der Waals surface area (Å²) in [5.74, 6) is 1.55. The highest BCUT2D eigenvalue weighted by Crippen LogP contribution is 2.06. The van der Waals surface area contributed by atoms with Crippen molar-refractivity contribution >= 4 is 5.91 Å². The molecule has 2 aromatic rings. The molecule has 0 radical (unpaired) electrons. The lowest BCUT2D eigenvalue weighted by Crippen LogP contribution is -2.24. The fraction of sp³-hybridized carbons (Fsp3) is 0.500. The van der Waals surface area contributed by atoms with Crippen LogP contribution in [0.1, 0.15) is 28.9 Å². The molecule has 0 fully saturated rings. The van der Waals surface area contributed by atoms with Crippen molar-refractivity contribution in [1.82, 2.24) is 24.8 Å². The summed E-state index contributed by atoms with van der Waals surface area (Å²) >= 11 is 0. The van der Waals surface area contributed by atoms with Crippen LogP contribution in [0.25, 0.3) is 0 Å². The summed E-state index contributed by atoms with van der Waals surface area (Å²) < 4.78 is 2.16. The van der Waals surface area contributed by atoms with Gasteiger partial charge in [0.25, 0.3) is 5.91 Å². The van der Waals surface area contributed by atoms with E-state index in [1.165, 1.54) is 0 Å². The van der Waals surface area contributed by atoms with E-state index < -0.39 is 0 Å². The van der Waals surface area contributed by atoms with Gasteiger partial charge in [-0.25, -0.2) is 4.98 Å². The lowest BCUT2D eigenvalue weighted by atomic mass is 10.2. The number of hydrogen-bond donors (Lipinski definition) is 2. The number of aryl methyl sites for hydroxylation is 1. The smallest absolute Gasteiger partial charge is 0.269 e. The van der Waals surface area contributed by atoms with Crippen molar-refractivity contribution in [1.29, 1.82) is 0 Å². The topological polar surface area (TPSA) is 66.0 Å². The van der Waals surface area contributed by atoms with Crippen LogP contribution in [0.3, 0.4) is 0 Å². The van der Waals surface area contributed by atoms with Crippen LogP contribution in [0, 0.1) is 12.8 Å². The van der Waals surface area contributed by atoms with Gasteiger partial charge in [-0.15, -0.1) is 0 Å². The molecule has 0 spiro atoms. The van der Waals surface area contributed by atoms with Crippen molar-refractivity contribution in [3.63, 3.8) is 0 Å². The fourth-order valence-corrected chi connectivity index (χ4v) is 2.36. The van der Waals surface area contributed by atoms with E-state index in [1.54, 1.807) is 19.0 Å². The summed E-state index contributed by atoms with van der Waals surface area (Å²) in [4.78, 5) is 20.8. The first-order valence-electron chi connectivity index (χ1n) is 7.55. The van der Waals surface area contributed by atoms with Gasteiger partial charge in [-0.2, -0.15) is 0 Å². The predicted molar refractivity (Wildman–Crippen MR) is 86.6 cm³/mol. The molecule has 1 amide bonds. The number of carbonyl (C=O) groups is 1. The molecule has 2 heterocycles. The summed E-state index contributed by atoms with van der Waals surface area (Å²) in [6.45, 7) is 6.82. The van der Waals surface area contributed by atoms with E-state index in [9.17, 15) is 4.79 Å². The molecule has 0 aliphatic rings. The molecule has 0 bridgehead atoms. The van der Waals surface area contributed by atoms with E-state index >= 15 is 0 Å². The van der Waals surface area contributed by atoms with Crippen molar-refractivity contribution < 1.29 is 4.79 Å². The third-order valence-electron chi connectivity index (χ3n) is 3.62. The highest BCUT2D eigenvalue weighted by molar-refractivity contribution is 5.92. The molecule has 1 atom stereocenters. The summed E-state index contributed by atoms with van der Waals surface area (Å²) in [7, 11) is 3.50. The van der Waals surface area contributed by atoms with Crippen LogP contribution < -0.4 is 5.32 Å². The maximum atomic E-state index is 11.8. The van der Waals surface area contributed by atoms with Gasteiger partial charge in [-0.05, 0) is 31.5 Å². The average Bonchev–Trinajstić information content (AvgIpc) is 3.08. The molecule has 2 N–H and O–H groups in total. The second-order valence-electron chi connectivity index (χ2n) is 5.96. The number of H-pyrrole nitrogens is 1. The Morgan fingerprint density at radius 3 is 2.86 bits per heavy atom. The summed E-state index contributed by atoms with van der Waals surface area (Å²) in [5.41, 5.74) is 1.65. The van der Waals surface area contributed by atoms with Gasteiger partial charge >= 0.3 is 0 Å². The molecule has 6 nitrogen and oxygen atoms in total. The van der Waals surface area contributed by atoms with Gasteiger partial charge in [0, 0.05) is 45.3 Å². The van der Waals surface area contributed by atoms with Crippen LogP contribution in [0.15, 0.2) is 24.5 Å². The van der Waals surface area contributed by atoms with Crippen LogP contribution in [0.2, 0.25) is 0 Å². The Kier molecular flexibility index (Phi) is 5.38. The average molecular weight is 303 g/mol. The van der Waals surface area contributed by atoms with Gasteiger partial charge in [-0.1, -0.05) is 6.92 Å². The Hall–Kier alpha value is -2.08. The zero-order valence-corrected chi connectivity index (χ0v) is 13.8. The Bertz CT molecular complexity index is 614. The number of aromatic amines is 1. The molecule has 0 aromatic carbocycles. The lowest BCUT2D eigenvalue weighted by molar-refractivity contribution is 0.0822. The molecule has 22 heavy (non-hydrogen) atoms. The van der Waals surface area contributed by atoms with E-state index in [1.807, 2.05) is 31.5 Å². The van der Waals surface area contributed by atoms with E-state index in [4.69, 9.17) is 0 Å². The van der Waals surface area contributed by atoms with Crippen LogP contribution in [0.5, 0.6) is 0 Å². The van der Waals surface area contributed by atoms with Crippen LogP contribution in [0.4, 0.5) is 0 Å². The number of hydrogen-bond acceptors (Lipinski definition) is 3. The third-order valence-corrected chi connectivity index (χ3v) is 3.62. The number of nitrogens with zero attached hydrogens (tertiary/aromatic N) is 3. The van der Waals surface area contributed by atoms with Crippen molar-refractivity contribution in [3.8, 4) is 0 Å². The van der Waals surface area contributed by atoms with Gasteiger partial charge in [0.1, 0.15) is 11.5 Å². The number of amides is 1. The first-order valence-corrected chi connectivity index (χ1v) is 7.55. The Balaban J connectivity index is 1.77. The van der Waals surface area contributed by atoms with Crippen molar-refractivity contribution in [2.75, 3.05) is 20.6 Å². The van der Waals surface area contributed by atoms with Gasteiger partial charge in [-0.3, -0.25) is 4.79 Å². The number of nitrogens with one attached hydrogen (secondary N) is 2. The van der Waals surface area contributed by atoms with E-state index in [2.05, 4.69) is 26.8 Å². The van der Waals surface area contributed by atoms with Crippen molar-refractivity contribution in [3.05, 3.63) is 41.7 Å². The van der Waals surface area contributed by atoms with Gasteiger partial charge < -0.3 is 19.8 Å². The molecule has 0 saturated heterocycles. The minimum atomic E-state index is -0.00444. The number of aromatic nitrogens is 3. The maximum absolute atomic E-state index is 11.8. The summed E-state index contributed by atoms with van der Waals surface area (Å²) in [6, 6.07) is 3.78. The zero-order valence-electron chi connectivity index (χ0n) is 13.8. The SMILES string of the molecule is Cc1nccn1CC(C)CNCc1ccc(C(=O)N(C)C)[nH]1. The molecule has 6 heteroatoms. The normalized spacial score (nSPS) is 12.4. The predicted octanol–water partition coefficient (Wildman–Crippen LogP) is 1.65. The quantitative estimate of drug-likeness (QED) is 0.817. The van der Waals surface area contributed by atoms with E-state index in [0.29, 0.717) is 11.6 Å². The first-order chi connectivity index (χ1) is 10.5. The fourth-order valence-electron chi connectivity index (χ4n) is 2.36. The minimum Gasteiger partial charge on any atom is -0.353 e. The van der Waals surface area contributed by atoms with Crippen molar-refractivity contribution in [2.24, 2.45) is 5.92 Å². The molecule has 2 rings (SSSR count). The molecule has 1 unspecified atom stereocenters. The van der Waals surface area contributed by atoms with Crippen LogP contribution in [-0.4, -0.2) is 46.0 Å². The molecular formula is C16H25N5O. The maximum Gasteiger partial charge on any atom is 0.269 e. The zero-order chi connectivity index (χ0) is 16.1. The number of rotatable bonds is 7. The highest BCUT2D eigenvalue weighted by Gasteiger charge is 2.10. The second kappa shape index (κ2) is 7.26. The minimum absolute atomic E-state index is 0.00444. The Morgan fingerprint density at radius 1 is 1.45 bits per heavy atom. The standard InChI is InChI=1S/C16H25N5O/c1-12(11-21-8-7-18-13(21)2)9-17-10-14-5-6-15(19-14)16(22)20(3)4/h5-8,12,17,19H,9-11H2,1-4H3. The molecule has 0 aliphatic heterocycles. The Morgan fingerprint density at radius 2 is 2.23 bits per heavy atom. The summed E-state index contributed by atoms with van der Waals surface area (Å²) in [6.07, 6.45) is 3.84. The molecule has 0 saturated carbocycles. The molecule has 2 aromatic heterocycles. The van der Waals surface area contributed by atoms with Gasteiger partial charge in [0.05, 0.1) is 0 Å². The van der Waals surface area contributed by atoms with Gasteiger partial charge in [0.2, 0.25) is 0 Å². The monoisotopic (exact) mass is 303 g/mol. The number of carbonyl (C=O) groups excluding carboxylic acids is 1. The lowest BCUT2D eigenvalue weighted by Gasteiger charge is -2.14. The summed E-state index contributed by atoms with van der Waals surface area (Å²) in [5, 5.41) is 3.42. The first kappa shape index (κ1) is 16.3. The molecular weight excluding hydrogens is 278 g/mol. The molecule has 120 valence electrons. The second-order valence-corrected chi connectivity index (χ2v) is 5.96. The highest BCUT2D eigenvalue weighted by atomic mass is 16.2. The third kappa shape index (κ3) is 4.21. The van der Waals surface area contributed by atoms with Crippen molar-refractivity contribution in [2.45, 2.75) is 26.9 Å². The van der Waals surface area contributed by atoms with Crippen LogP contribution in [-0.2, 0) is 13.1 Å². The van der Waals surface area contributed by atoms with Crippen LogP contribution >= 0.6 is 0 Å². The van der Waals surface area contributed by atoms with E-state index in [-0.39, 0.29) is 5.91 Å². The Labute approximate surface area is 131 Å². The van der Waals surface area contributed by atoms with Gasteiger partial charge in [0.15, 0.2) is 0 Å².